The molecule has 0 spiro atoms. The van der Waals surface area contributed by atoms with Gasteiger partial charge in [0.1, 0.15) is 0 Å². The fourth-order valence-corrected chi connectivity index (χ4v) is 0.995. The van der Waals surface area contributed by atoms with Crippen molar-refractivity contribution in [2.45, 2.75) is 33.7 Å². The summed E-state index contributed by atoms with van der Waals surface area (Å²) in [5.74, 6) is 0. The van der Waals surface area contributed by atoms with Gasteiger partial charge in [-0.1, -0.05) is 18.2 Å². The van der Waals surface area contributed by atoms with Crippen molar-refractivity contribution >= 4 is 5.71 Å². The maximum Gasteiger partial charge on any atom is 0.0483 e. The van der Waals surface area contributed by atoms with Gasteiger partial charge < -0.3 is 5.32 Å². The molecule has 0 aliphatic carbocycles. The quantitative estimate of drug-likeness (QED) is 0.510. The summed E-state index contributed by atoms with van der Waals surface area (Å²) >= 11 is 0. The average Bonchev–Trinajstić information content (AvgIpc) is 2.14. The Morgan fingerprint density at radius 1 is 1.57 bits per heavy atom. The van der Waals surface area contributed by atoms with E-state index in [4.69, 9.17) is 0 Å². The van der Waals surface area contributed by atoms with Crippen LogP contribution >= 0.6 is 0 Å². The molecule has 0 radical (unpaired) electrons. The van der Waals surface area contributed by atoms with Crippen molar-refractivity contribution in [1.82, 2.24) is 5.32 Å². The fourth-order valence-electron chi connectivity index (χ4n) is 0.995. The van der Waals surface area contributed by atoms with Crippen molar-refractivity contribution in [3.05, 3.63) is 24.3 Å². The molecule has 80 valence electrons. The van der Waals surface area contributed by atoms with Gasteiger partial charge in [-0.2, -0.15) is 0 Å². The summed E-state index contributed by atoms with van der Waals surface area (Å²) < 4.78 is 0. The zero-order valence-corrected chi connectivity index (χ0v) is 9.80. The summed E-state index contributed by atoms with van der Waals surface area (Å²) in [6.45, 7) is 13.8. The summed E-state index contributed by atoms with van der Waals surface area (Å²) in [4.78, 5) is 4.38. The number of allylic oxidation sites excluding steroid dienone is 1. The Kier molecular flexibility index (Phi) is 7.03. The molecule has 0 heterocycles. The van der Waals surface area contributed by atoms with Crippen molar-refractivity contribution in [1.29, 1.82) is 0 Å². The third-order valence-corrected chi connectivity index (χ3v) is 2.05. The van der Waals surface area contributed by atoms with E-state index < -0.39 is 0 Å². The molecule has 2 nitrogen and oxygen atoms in total. The van der Waals surface area contributed by atoms with Crippen LogP contribution in [0.5, 0.6) is 0 Å². The molecule has 0 aliphatic heterocycles. The minimum Gasteiger partial charge on any atom is -0.305 e. The molecule has 0 aliphatic rings. The van der Waals surface area contributed by atoms with Gasteiger partial charge in [0.25, 0.3) is 0 Å². The minimum absolute atomic E-state index is 0.349. The largest absolute Gasteiger partial charge is 0.305 e. The molecule has 0 amide bonds. The van der Waals surface area contributed by atoms with Crippen molar-refractivity contribution in [2.24, 2.45) is 4.99 Å². The van der Waals surface area contributed by atoms with E-state index in [-0.39, 0.29) is 0 Å². The molecule has 0 aromatic carbocycles. The highest BCUT2D eigenvalue weighted by Gasteiger charge is 2.01. The highest BCUT2D eigenvalue weighted by atomic mass is 14.9. The van der Waals surface area contributed by atoms with E-state index in [9.17, 15) is 0 Å². The average molecular weight is 194 g/mol. The normalized spacial score (nSPS) is 14.7. The van der Waals surface area contributed by atoms with Crippen LogP contribution in [0.2, 0.25) is 0 Å². The molecule has 0 saturated carbocycles. The maximum absolute atomic E-state index is 4.38. The molecule has 0 aromatic rings. The van der Waals surface area contributed by atoms with E-state index in [1.54, 1.807) is 0 Å². The van der Waals surface area contributed by atoms with Crippen LogP contribution in [-0.4, -0.2) is 24.8 Å². The molecule has 0 saturated heterocycles. The van der Waals surface area contributed by atoms with Crippen LogP contribution in [0.3, 0.4) is 0 Å². The summed E-state index contributed by atoms with van der Waals surface area (Å²) in [6, 6.07) is 0.349. The Morgan fingerprint density at radius 3 is 2.64 bits per heavy atom. The van der Waals surface area contributed by atoms with E-state index in [0.29, 0.717) is 6.04 Å². The first-order valence-electron chi connectivity index (χ1n) is 5.16. The number of aliphatic imine (C=N–C) groups is 1. The van der Waals surface area contributed by atoms with Gasteiger partial charge in [-0.3, -0.25) is 4.99 Å². The Morgan fingerprint density at radius 2 is 2.21 bits per heavy atom. The third-order valence-electron chi connectivity index (χ3n) is 2.05. The first-order valence-corrected chi connectivity index (χ1v) is 5.16. The highest BCUT2D eigenvalue weighted by molar-refractivity contribution is 5.96. The summed E-state index contributed by atoms with van der Waals surface area (Å²) in [5, 5.41) is 3.37. The zero-order valence-electron chi connectivity index (χ0n) is 9.80. The van der Waals surface area contributed by atoms with Crippen LogP contribution < -0.4 is 5.32 Å². The van der Waals surface area contributed by atoms with Crippen LogP contribution in [-0.2, 0) is 0 Å². The predicted molar refractivity (Wildman–Crippen MR) is 65.1 cm³/mol. The molecule has 2 heteroatoms. The second kappa shape index (κ2) is 7.51. The van der Waals surface area contributed by atoms with Gasteiger partial charge in [-0.25, -0.2) is 0 Å². The second-order valence-electron chi connectivity index (χ2n) is 3.41. The van der Waals surface area contributed by atoms with E-state index in [1.807, 2.05) is 32.9 Å². The van der Waals surface area contributed by atoms with Gasteiger partial charge >= 0.3 is 0 Å². The summed E-state index contributed by atoms with van der Waals surface area (Å²) in [5.41, 5.74) is 2.25. The number of rotatable bonds is 6. The predicted octanol–water partition coefficient (Wildman–Crippen LogP) is 2.58. The summed E-state index contributed by atoms with van der Waals surface area (Å²) in [7, 11) is 0. The molecule has 0 bridgehead atoms. The lowest BCUT2D eigenvalue weighted by Crippen LogP contribution is -2.31. The third kappa shape index (κ3) is 5.70. The van der Waals surface area contributed by atoms with Gasteiger partial charge in [0, 0.05) is 24.8 Å². The number of nitrogens with one attached hydrogen (secondary N) is 1. The molecular formula is C12H22N2. The first-order chi connectivity index (χ1) is 6.61. The number of nitrogens with zero attached hydrogens (tertiary/aromatic N) is 1. The Balaban J connectivity index is 4.07. The van der Waals surface area contributed by atoms with Gasteiger partial charge in [-0.15, -0.1) is 0 Å². The Bertz CT molecular complexity index is 226. The van der Waals surface area contributed by atoms with Crippen LogP contribution in [0, 0.1) is 0 Å². The maximum atomic E-state index is 4.38. The second-order valence-corrected chi connectivity index (χ2v) is 3.41. The molecule has 0 rings (SSSR count). The van der Waals surface area contributed by atoms with E-state index in [0.717, 1.165) is 24.4 Å². The van der Waals surface area contributed by atoms with Gasteiger partial charge in [0.05, 0.1) is 0 Å². The van der Waals surface area contributed by atoms with Crippen molar-refractivity contribution < 1.29 is 0 Å². The minimum atomic E-state index is 0.349. The standard InChI is InChI=1S/C12H22N2/c1-6-8-12(13-7-2)9-14-11(5)10(3)4/h6,8,11,14H,3,7,9H2,1-2,4-5H3/b8-6-,13-12?. The van der Waals surface area contributed by atoms with Gasteiger partial charge in [-0.05, 0) is 33.8 Å². The van der Waals surface area contributed by atoms with Crippen LogP contribution in [0.4, 0.5) is 0 Å². The van der Waals surface area contributed by atoms with E-state index in [1.165, 1.54) is 0 Å². The van der Waals surface area contributed by atoms with Crippen LogP contribution in [0.25, 0.3) is 0 Å². The zero-order chi connectivity index (χ0) is 11.0. The van der Waals surface area contributed by atoms with Crippen molar-refractivity contribution in [2.75, 3.05) is 13.1 Å². The Hall–Kier alpha value is -0.890. The molecule has 0 fully saturated rings. The van der Waals surface area contributed by atoms with Crippen molar-refractivity contribution in [3.8, 4) is 0 Å². The lowest BCUT2D eigenvalue weighted by molar-refractivity contribution is 0.667. The molecule has 14 heavy (non-hydrogen) atoms. The smallest absolute Gasteiger partial charge is 0.0483 e. The highest BCUT2D eigenvalue weighted by Crippen LogP contribution is 1.95. The summed E-state index contributed by atoms with van der Waals surface area (Å²) in [6.07, 6.45) is 4.06. The van der Waals surface area contributed by atoms with Crippen LogP contribution in [0.15, 0.2) is 29.3 Å². The molecule has 1 atom stereocenters. The SMILES string of the molecule is C=C(C)C(C)NCC(/C=C\C)=NCC. The fraction of sp³-hybridized carbons (Fsp3) is 0.583. The number of hydrogen-bond acceptors (Lipinski definition) is 2. The molecule has 1 N–H and O–H groups in total. The topological polar surface area (TPSA) is 24.4 Å². The number of hydrogen-bond donors (Lipinski definition) is 1. The lowest BCUT2D eigenvalue weighted by atomic mass is 10.2. The first kappa shape index (κ1) is 13.1. The van der Waals surface area contributed by atoms with Crippen LogP contribution in [0.1, 0.15) is 27.7 Å². The molecular weight excluding hydrogens is 172 g/mol. The van der Waals surface area contributed by atoms with Crippen molar-refractivity contribution in [3.63, 3.8) is 0 Å². The van der Waals surface area contributed by atoms with Gasteiger partial charge in [0.2, 0.25) is 0 Å². The lowest BCUT2D eigenvalue weighted by Gasteiger charge is -2.13. The Labute approximate surface area is 87.8 Å². The van der Waals surface area contributed by atoms with Gasteiger partial charge in [0.15, 0.2) is 0 Å². The monoisotopic (exact) mass is 194 g/mol. The van der Waals surface area contributed by atoms with E-state index >= 15 is 0 Å². The van der Waals surface area contributed by atoms with E-state index in [2.05, 4.69) is 23.8 Å². The molecule has 0 aromatic heterocycles. The molecule has 1 unspecified atom stereocenters.